The van der Waals surface area contributed by atoms with Crippen molar-refractivity contribution >= 4 is 5.91 Å². The lowest BCUT2D eigenvalue weighted by Gasteiger charge is -2.35. The SMILES string of the molecule is CC1CC(C)CN(Cc2ccc(CNC(=O)COC3CCCC3)cc2)C1. The van der Waals surface area contributed by atoms with Gasteiger partial charge < -0.3 is 10.1 Å². The van der Waals surface area contributed by atoms with E-state index in [1.165, 1.54) is 37.9 Å². The van der Waals surface area contributed by atoms with Gasteiger partial charge in [0.15, 0.2) is 0 Å². The molecule has 2 aliphatic rings. The van der Waals surface area contributed by atoms with Crippen LogP contribution in [0.1, 0.15) is 57.1 Å². The smallest absolute Gasteiger partial charge is 0.246 e. The summed E-state index contributed by atoms with van der Waals surface area (Å²) in [5.74, 6) is 1.57. The van der Waals surface area contributed by atoms with Crippen LogP contribution in [0.5, 0.6) is 0 Å². The normalized spacial score (nSPS) is 24.7. The maximum Gasteiger partial charge on any atom is 0.246 e. The van der Waals surface area contributed by atoms with E-state index in [0.29, 0.717) is 12.6 Å². The summed E-state index contributed by atoms with van der Waals surface area (Å²) in [6.07, 6.45) is 6.30. The highest BCUT2D eigenvalue weighted by Gasteiger charge is 2.21. The first kappa shape index (κ1) is 19.4. The largest absolute Gasteiger partial charge is 0.368 e. The summed E-state index contributed by atoms with van der Waals surface area (Å²) in [6, 6.07) is 8.65. The van der Waals surface area contributed by atoms with E-state index in [0.717, 1.165) is 36.8 Å². The molecule has 1 aliphatic carbocycles. The van der Waals surface area contributed by atoms with E-state index < -0.39 is 0 Å². The summed E-state index contributed by atoms with van der Waals surface area (Å²) < 4.78 is 5.66. The van der Waals surface area contributed by atoms with Crippen molar-refractivity contribution in [2.45, 2.75) is 65.1 Å². The molecule has 1 aliphatic heterocycles. The molecule has 1 N–H and O–H groups in total. The molecule has 0 bridgehead atoms. The van der Waals surface area contributed by atoms with E-state index in [2.05, 4.69) is 48.3 Å². The number of likely N-dealkylation sites (tertiary alicyclic amines) is 1. The molecular formula is C22H34N2O2. The topological polar surface area (TPSA) is 41.6 Å². The number of hydrogen-bond donors (Lipinski definition) is 1. The number of carbonyl (C=O) groups excluding carboxylic acids is 1. The number of nitrogens with one attached hydrogen (secondary N) is 1. The summed E-state index contributed by atoms with van der Waals surface area (Å²) in [5.41, 5.74) is 2.49. The molecule has 2 atom stereocenters. The van der Waals surface area contributed by atoms with E-state index in [9.17, 15) is 4.79 Å². The molecule has 3 rings (SSSR count). The minimum Gasteiger partial charge on any atom is -0.368 e. The number of ether oxygens (including phenoxy) is 1. The molecule has 0 aromatic heterocycles. The maximum atomic E-state index is 11.9. The molecular weight excluding hydrogens is 324 g/mol. The Kier molecular flexibility index (Phi) is 7.09. The van der Waals surface area contributed by atoms with Crippen LogP contribution in [0, 0.1) is 11.8 Å². The van der Waals surface area contributed by atoms with Crippen LogP contribution in [0.25, 0.3) is 0 Å². The van der Waals surface area contributed by atoms with Crippen LogP contribution in [-0.2, 0) is 22.6 Å². The fourth-order valence-corrected chi connectivity index (χ4v) is 4.44. The molecule has 1 saturated carbocycles. The van der Waals surface area contributed by atoms with Gasteiger partial charge in [0.25, 0.3) is 0 Å². The number of hydrogen-bond acceptors (Lipinski definition) is 3. The second kappa shape index (κ2) is 9.52. The van der Waals surface area contributed by atoms with Gasteiger partial charge in [-0.1, -0.05) is 51.0 Å². The highest BCUT2D eigenvalue weighted by Crippen LogP contribution is 2.22. The maximum absolute atomic E-state index is 11.9. The third-order valence-electron chi connectivity index (χ3n) is 5.62. The molecule has 1 aromatic carbocycles. The zero-order valence-electron chi connectivity index (χ0n) is 16.4. The second-order valence-corrected chi connectivity index (χ2v) is 8.45. The molecule has 144 valence electrons. The lowest BCUT2D eigenvalue weighted by molar-refractivity contribution is -0.127. The van der Waals surface area contributed by atoms with Gasteiger partial charge in [-0.25, -0.2) is 0 Å². The Morgan fingerprint density at radius 1 is 1.08 bits per heavy atom. The van der Waals surface area contributed by atoms with Gasteiger partial charge in [-0.3, -0.25) is 9.69 Å². The number of benzene rings is 1. The Morgan fingerprint density at radius 3 is 2.35 bits per heavy atom. The lowest BCUT2D eigenvalue weighted by atomic mass is 9.91. The predicted molar refractivity (Wildman–Crippen MR) is 105 cm³/mol. The Labute approximate surface area is 158 Å². The van der Waals surface area contributed by atoms with Crippen LogP contribution in [0.4, 0.5) is 0 Å². The average Bonchev–Trinajstić information content (AvgIpc) is 3.12. The van der Waals surface area contributed by atoms with E-state index in [-0.39, 0.29) is 12.5 Å². The minimum atomic E-state index is -0.0164. The standard InChI is InChI=1S/C22H34N2O2/c1-17-11-18(2)14-24(13-17)15-20-9-7-19(8-10-20)12-23-22(25)16-26-21-5-3-4-6-21/h7-10,17-18,21H,3-6,11-16H2,1-2H3,(H,23,25). The van der Waals surface area contributed by atoms with Crippen LogP contribution in [0.2, 0.25) is 0 Å². The van der Waals surface area contributed by atoms with Crippen molar-refractivity contribution in [2.24, 2.45) is 11.8 Å². The molecule has 4 nitrogen and oxygen atoms in total. The van der Waals surface area contributed by atoms with Crippen molar-refractivity contribution in [2.75, 3.05) is 19.7 Å². The summed E-state index contributed by atoms with van der Waals surface area (Å²) in [7, 11) is 0. The van der Waals surface area contributed by atoms with Crippen molar-refractivity contribution in [3.05, 3.63) is 35.4 Å². The van der Waals surface area contributed by atoms with Crippen molar-refractivity contribution in [1.29, 1.82) is 0 Å². The van der Waals surface area contributed by atoms with Crippen molar-refractivity contribution in [3.63, 3.8) is 0 Å². The first-order valence-electron chi connectivity index (χ1n) is 10.3. The minimum absolute atomic E-state index is 0.0164. The monoisotopic (exact) mass is 358 g/mol. The van der Waals surface area contributed by atoms with Crippen LogP contribution in [-0.4, -0.2) is 36.6 Å². The number of rotatable bonds is 7. The van der Waals surface area contributed by atoms with Crippen molar-refractivity contribution in [3.8, 4) is 0 Å². The van der Waals surface area contributed by atoms with Gasteiger partial charge >= 0.3 is 0 Å². The highest BCUT2D eigenvalue weighted by atomic mass is 16.5. The van der Waals surface area contributed by atoms with Gasteiger partial charge in [-0.2, -0.15) is 0 Å². The summed E-state index contributed by atoms with van der Waals surface area (Å²) in [5, 5.41) is 2.96. The quantitative estimate of drug-likeness (QED) is 0.807. The van der Waals surface area contributed by atoms with Gasteiger partial charge in [0.1, 0.15) is 6.61 Å². The van der Waals surface area contributed by atoms with E-state index in [4.69, 9.17) is 4.74 Å². The lowest BCUT2D eigenvalue weighted by Crippen LogP contribution is -2.38. The number of amides is 1. The Morgan fingerprint density at radius 2 is 1.69 bits per heavy atom. The molecule has 26 heavy (non-hydrogen) atoms. The van der Waals surface area contributed by atoms with Crippen LogP contribution < -0.4 is 5.32 Å². The second-order valence-electron chi connectivity index (χ2n) is 8.45. The van der Waals surface area contributed by atoms with Crippen LogP contribution in [0.15, 0.2) is 24.3 Å². The predicted octanol–water partition coefficient (Wildman–Crippen LogP) is 3.74. The fraction of sp³-hybridized carbons (Fsp3) is 0.682. The Hall–Kier alpha value is -1.39. The molecule has 2 fully saturated rings. The molecule has 0 radical (unpaired) electrons. The van der Waals surface area contributed by atoms with Crippen molar-refractivity contribution in [1.82, 2.24) is 10.2 Å². The average molecular weight is 359 g/mol. The van der Waals surface area contributed by atoms with Gasteiger partial charge in [0.2, 0.25) is 5.91 Å². The third-order valence-corrected chi connectivity index (χ3v) is 5.62. The molecule has 1 heterocycles. The molecule has 4 heteroatoms. The molecule has 1 saturated heterocycles. The van der Waals surface area contributed by atoms with Gasteiger partial charge in [-0.15, -0.1) is 0 Å². The zero-order valence-corrected chi connectivity index (χ0v) is 16.4. The first-order valence-corrected chi connectivity index (χ1v) is 10.3. The summed E-state index contributed by atoms with van der Waals surface area (Å²) in [6.45, 7) is 8.89. The van der Waals surface area contributed by atoms with Crippen LogP contribution in [0.3, 0.4) is 0 Å². The van der Waals surface area contributed by atoms with Crippen molar-refractivity contribution < 1.29 is 9.53 Å². The highest BCUT2D eigenvalue weighted by molar-refractivity contribution is 5.77. The molecule has 0 spiro atoms. The number of piperidine rings is 1. The number of nitrogens with zero attached hydrogens (tertiary/aromatic N) is 1. The Balaban J connectivity index is 1.39. The van der Waals surface area contributed by atoms with E-state index >= 15 is 0 Å². The summed E-state index contributed by atoms with van der Waals surface area (Å²) >= 11 is 0. The Bertz CT molecular complexity index is 556. The van der Waals surface area contributed by atoms with E-state index in [1.54, 1.807) is 0 Å². The van der Waals surface area contributed by atoms with Gasteiger partial charge in [0, 0.05) is 26.2 Å². The molecule has 1 amide bonds. The number of carbonyl (C=O) groups is 1. The fourth-order valence-electron chi connectivity index (χ4n) is 4.44. The third kappa shape index (κ3) is 6.10. The zero-order chi connectivity index (χ0) is 18.4. The van der Waals surface area contributed by atoms with E-state index in [1.807, 2.05) is 0 Å². The molecule has 1 aromatic rings. The summed E-state index contributed by atoms with van der Waals surface area (Å²) in [4.78, 5) is 14.5. The van der Waals surface area contributed by atoms with Gasteiger partial charge in [0.05, 0.1) is 6.10 Å². The first-order chi connectivity index (χ1) is 12.6. The molecule has 2 unspecified atom stereocenters. The van der Waals surface area contributed by atoms with Crippen LogP contribution >= 0.6 is 0 Å². The van der Waals surface area contributed by atoms with Gasteiger partial charge in [-0.05, 0) is 42.2 Å².